The fourth-order valence-electron chi connectivity index (χ4n) is 3.28. The molecule has 2 atom stereocenters. The smallest absolute Gasteiger partial charge is 0.328 e. The van der Waals surface area contributed by atoms with Gasteiger partial charge in [0, 0.05) is 13.0 Å². The maximum Gasteiger partial charge on any atom is 0.328 e. The number of ether oxygens (including phenoxy) is 1. The van der Waals surface area contributed by atoms with Crippen molar-refractivity contribution in [3.8, 4) is 0 Å². The molecule has 0 unspecified atom stereocenters. The predicted octanol–water partition coefficient (Wildman–Crippen LogP) is 2.25. The van der Waals surface area contributed by atoms with E-state index < -0.39 is 18.1 Å². The van der Waals surface area contributed by atoms with Crippen LogP contribution in [0.4, 0.5) is 0 Å². The van der Waals surface area contributed by atoms with E-state index in [9.17, 15) is 14.4 Å². The maximum absolute atomic E-state index is 12.8. The van der Waals surface area contributed by atoms with Gasteiger partial charge < -0.3 is 15.0 Å². The van der Waals surface area contributed by atoms with E-state index in [1.54, 1.807) is 11.0 Å². The van der Waals surface area contributed by atoms with Crippen molar-refractivity contribution in [2.45, 2.75) is 31.3 Å². The number of carbonyl (C=O) groups is 3. The van der Waals surface area contributed by atoms with E-state index in [0.29, 0.717) is 24.3 Å². The fourth-order valence-corrected chi connectivity index (χ4v) is 3.96. The summed E-state index contributed by atoms with van der Waals surface area (Å²) >= 11 is 1.36. The summed E-state index contributed by atoms with van der Waals surface area (Å²) < 4.78 is 4.85. The van der Waals surface area contributed by atoms with Crippen LogP contribution >= 0.6 is 11.3 Å². The number of esters is 1. The van der Waals surface area contributed by atoms with Gasteiger partial charge >= 0.3 is 5.97 Å². The van der Waals surface area contributed by atoms with Gasteiger partial charge in [-0.15, -0.1) is 11.3 Å². The summed E-state index contributed by atoms with van der Waals surface area (Å²) in [6.07, 6.45) is 1.68. The van der Waals surface area contributed by atoms with Crippen LogP contribution in [0.3, 0.4) is 0 Å². The zero-order valence-corrected chi connectivity index (χ0v) is 15.9. The summed E-state index contributed by atoms with van der Waals surface area (Å²) in [6, 6.07) is 11.7. The molecule has 0 bridgehead atoms. The Hall–Kier alpha value is -2.67. The molecule has 0 radical (unpaired) electrons. The average molecular weight is 386 g/mol. The molecular weight excluding hydrogens is 364 g/mol. The molecule has 2 aromatic rings. The molecule has 142 valence electrons. The van der Waals surface area contributed by atoms with E-state index >= 15 is 0 Å². The van der Waals surface area contributed by atoms with Crippen LogP contribution in [-0.2, 0) is 20.7 Å². The molecule has 0 saturated carbocycles. The van der Waals surface area contributed by atoms with Gasteiger partial charge in [0.1, 0.15) is 12.1 Å². The lowest BCUT2D eigenvalue weighted by Gasteiger charge is -2.25. The van der Waals surface area contributed by atoms with Crippen LogP contribution in [0.1, 0.15) is 28.1 Å². The first kappa shape index (κ1) is 19.1. The third kappa shape index (κ3) is 4.54. The molecule has 0 spiro atoms. The molecule has 7 heteroatoms. The number of likely N-dealkylation sites (tertiary alicyclic amines) is 1. The highest BCUT2D eigenvalue weighted by Crippen LogP contribution is 2.22. The van der Waals surface area contributed by atoms with Crippen LogP contribution < -0.4 is 5.32 Å². The van der Waals surface area contributed by atoms with Crippen molar-refractivity contribution in [1.82, 2.24) is 10.2 Å². The Balaban J connectivity index is 1.70. The Morgan fingerprint density at radius 1 is 1.22 bits per heavy atom. The number of hydrogen-bond donors (Lipinski definition) is 1. The van der Waals surface area contributed by atoms with Gasteiger partial charge in [-0.25, -0.2) is 4.79 Å². The van der Waals surface area contributed by atoms with Crippen molar-refractivity contribution in [3.63, 3.8) is 0 Å². The number of carbonyl (C=O) groups excluding carboxylic acids is 3. The first-order valence-corrected chi connectivity index (χ1v) is 9.74. The van der Waals surface area contributed by atoms with Crippen molar-refractivity contribution >= 4 is 29.1 Å². The minimum Gasteiger partial charge on any atom is -0.467 e. The number of amides is 2. The summed E-state index contributed by atoms with van der Waals surface area (Å²) in [7, 11) is 1.30. The van der Waals surface area contributed by atoms with E-state index in [1.165, 1.54) is 18.4 Å². The van der Waals surface area contributed by atoms with Crippen molar-refractivity contribution in [1.29, 1.82) is 0 Å². The molecule has 0 aliphatic carbocycles. The Bertz CT molecular complexity index is 792. The Morgan fingerprint density at radius 3 is 2.67 bits per heavy atom. The van der Waals surface area contributed by atoms with Crippen LogP contribution in [0.2, 0.25) is 0 Å². The molecule has 1 fully saturated rings. The van der Waals surface area contributed by atoms with Crippen molar-refractivity contribution < 1.29 is 19.1 Å². The van der Waals surface area contributed by atoms with Crippen molar-refractivity contribution in [2.75, 3.05) is 13.7 Å². The summed E-state index contributed by atoms with van der Waals surface area (Å²) in [5.74, 6) is -0.953. The second-order valence-electron chi connectivity index (χ2n) is 6.41. The van der Waals surface area contributed by atoms with E-state index in [-0.39, 0.29) is 11.8 Å². The van der Waals surface area contributed by atoms with E-state index in [2.05, 4.69) is 5.32 Å². The number of hydrogen-bond acceptors (Lipinski definition) is 5. The second-order valence-corrected chi connectivity index (χ2v) is 7.36. The largest absolute Gasteiger partial charge is 0.467 e. The Labute approximate surface area is 162 Å². The number of rotatable bonds is 6. The van der Waals surface area contributed by atoms with Gasteiger partial charge in [0.15, 0.2) is 0 Å². The summed E-state index contributed by atoms with van der Waals surface area (Å²) in [5, 5.41) is 4.62. The average Bonchev–Trinajstić information content (AvgIpc) is 3.39. The molecule has 1 aliphatic heterocycles. The lowest BCUT2D eigenvalue weighted by molar-refractivity contribution is -0.145. The Morgan fingerprint density at radius 2 is 2.00 bits per heavy atom. The highest BCUT2D eigenvalue weighted by Gasteiger charge is 2.36. The molecule has 2 heterocycles. The quantitative estimate of drug-likeness (QED) is 0.773. The standard InChI is InChI=1S/C20H22N2O4S/c1-26-20(25)15(13-14-7-3-2-4-8-14)21-18(23)16-9-5-11-22(16)19(24)17-10-6-12-27-17/h2-4,6-8,10,12,15-16H,5,9,11,13H2,1H3,(H,21,23)/t15-,16+/m1/s1. The molecule has 6 nitrogen and oxygen atoms in total. The SMILES string of the molecule is COC(=O)[C@@H](Cc1ccccc1)NC(=O)[C@@H]1CCCN1C(=O)c1cccs1. The minimum atomic E-state index is -0.788. The number of benzene rings is 1. The monoisotopic (exact) mass is 386 g/mol. The number of nitrogens with zero attached hydrogens (tertiary/aromatic N) is 1. The zero-order valence-electron chi connectivity index (χ0n) is 15.1. The second kappa shape index (κ2) is 8.81. The van der Waals surface area contributed by atoms with Crippen molar-refractivity contribution in [3.05, 3.63) is 58.3 Å². The van der Waals surface area contributed by atoms with Gasteiger partial charge in [-0.3, -0.25) is 9.59 Å². The Kier molecular flexibility index (Phi) is 6.24. The van der Waals surface area contributed by atoms with E-state index in [0.717, 1.165) is 12.0 Å². The topological polar surface area (TPSA) is 75.7 Å². The fraction of sp³-hybridized carbons (Fsp3) is 0.350. The van der Waals surface area contributed by atoms with Gasteiger partial charge in [0.25, 0.3) is 5.91 Å². The highest BCUT2D eigenvalue weighted by atomic mass is 32.1. The third-order valence-electron chi connectivity index (χ3n) is 4.63. The molecule has 1 aromatic carbocycles. The zero-order chi connectivity index (χ0) is 19.2. The molecule has 1 aliphatic rings. The summed E-state index contributed by atoms with van der Waals surface area (Å²) in [6.45, 7) is 0.538. The predicted molar refractivity (Wildman–Crippen MR) is 102 cm³/mol. The van der Waals surface area contributed by atoms with Crippen LogP contribution in [-0.4, -0.2) is 48.4 Å². The molecule has 2 amide bonds. The van der Waals surface area contributed by atoms with Crippen LogP contribution in [0.5, 0.6) is 0 Å². The van der Waals surface area contributed by atoms with E-state index in [1.807, 2.05) is 41.8 Å². The number of thiophene rings is 1. The van der Waals surface area contributed by atoms with Crippen molar-refractivity contribution in [2.24, 2.45) is 0 Å². The van der Waals surface area contributed by atoms with Gasteiger partial charge in [0.2, 0.25) is 5.91 Å². The first-order chi connectivity index (χ1) is 13.1. The highest BCUT2D eigenvalue weighted by molar-refractivity contribution is 7.12. The van der Waals surface area contributed by atoms with Gasteiger partial charge in [0.05, 0.1) is 12.0 Å². The molecule has 1 N–H and O–H groups in total. The molecule has 1 saturated heterocycles. The van der Waals surface area contributed by atoms with Gasteiger partial charge in [-0.1, -0.05) is 36.4 Å². The molecule has 1 aromatic heterocycles. The molecule has 3 rings (SSSR count). The molecule has 27 heavy (non-hydrogen) atoms. The summed E-state index contributed by atoms with van der Waals surface area (Å²) in [4.78, 5) is 39.9. The lowest BCUT2D eigenvalue weighted by atomic mass is 10.1. The van der Waals surface area contributed by atoms with Crippen LogP contribution in [0, 0.1) is 0 Å². The maximum atomic E-state index is 12.8. The van der Waals surface area contributed by atoms with Gasteiger partial charge in [-0.2, -0.15) is 0 Å². The minimum absolute atomic E-state index is 0.139. The third-order valence-corrected chi connectivity index (χ3v) is 5.49. The summed E-state index contributed by atoms with van der Waals surface area (Å²) in [5.41, 5.74) is 0.922. The van der Waals surface area contributed by atoms with E-state index in [4.69, 9.17) is 4.74 Å². The lowest BCUT2D eigenvalue weighted by Crippen LogP contribution is -2.51. The van der Waals surface area contributed by atoms with Crippen LogP contribution in [0.25, 0.3) is 0 Å². The molecular formula is C20H22N2O4S. The number of nitrogens with one attached hydrogen (secondary N) is 1. The normalized spacial score (nSPS) is 17.4. The first-order valence-electron chi connectivity index (χ1n) is 8.86. The number of methoxy groups -OCH3 is 1. The van der Waals surface area contributed by atoms with Crippen LogP contribution in [0.15, 0.2) is 47.8 Å². The van der Waals surface area contributed by atoms with Gasteiger partial charge in [-0.05, 0) is 29.9 Å².